The number of aromatic nitrogens is 3. The fourth-order valence-corrected chi connectivity index (χ4v) is 4.67. The van der Waals surface area contributed by atoms with Gasteiger partial charge in [-0.3, -0.25) is 9.69 Å². The molecular formula is C26H17F3N6O2. The molecule has 4 aromatic rings. The summed E-state index contributed by atoms with van der Waals surface area (Å²) >= 11 is 0. The van der Waals surface area contributed by atoms with E-state index in [1.807, 2.05) is 0 Å². The Kier molecular flexibility index (Phi) is 4.97. The van der Waals surface area contributed by atoms with Gasteiger partial charge in [0, 0.05) is 47.8 Å². The third kappa shape index (κ3) is 3.50. The molecule has 0 unspecified atom stereocenters. The summed E-state index contributed by atoms with van der Waals surface area (Å²) in [6.07, 6.45) is 2.34. The lowest BCUT2D eigenvalue weighted by molar-refractivity contribution is -0.128. The number of fused-ring (bicyclic) bond motifs is 4. The van der Waals surface area contributed by atoms with E-state index in [9.17, 15) is 13.6 Å². The van der Waals surface area contributed by atoms with Gasteiger partial charge in [0.05, 0.1) is 12.1 Å². The minimum absolute atomic E-state index is 0.0820. The smallest absolute Gasteiger partial charge is 0.256 e. The Bertz CT molecular complexity index is 1640. The molecule has 11 heteroatoms. The van der Waals surface area contributed by atoms with Crippen LogP contribution in [0.1, 0.15) is 17.5 Å². The average molecular weight is 502 g/mol. The number of carbonyl (C=O) groups excluding carboxylic acids is 1. The van der Waals surface area contributed by atoms with Crippen LogP contribution in [0, 0.1) is 17.8 Å². The van der Waals surface area contributed by atoms with Gasteiger partial charge in [0.1, 0.15) is 11.3 Å². The van der Waals surface area contributed by atoms with Gasteiger partial charge in [0.2, 0.25) is 17.8 Å². The third-order valence-electron chi connectivity index (χ3n) is 6.54. The van der Waals surface area contributed by atoms with E-state index in [-0.39, 0.29) is 52.2 Å². The zero-order chi connectivity index (χ0) is 25.9. The number of guanidine groups is 1. The van der Waals surface area contributed by atoms with Crippen molar-refractivity contribution in [3.8, 4) is 33.9 Å². The molecule has 1 spiro atoms. The summed E-state index contributed by atoms with van der Waals surface area (Å²) in [5.74, 6) is -2.93. The number of halogens is 3. The molecule has 3 aromatic heterocycles. The van der Waals surface area contributed by atoms with E-state index < -0.39 is 23.4 Å². The van der Waals surface area contributed by atoms with Gasteiger partial charge in [-0.25, -0.2) is 19.9 Å². The molecule has 1 atom stereocenters. The van der Waals surface area contributed by atoms with Crippen molar-refractivity contribution in [3.05, 3.63) is 89.9 Å². The quantitative estimate of drug-likeness (QED) is 0.413. The Balaban J connectivity index is 1.64. The second-order valence-electron chi connectivity index (χ2n) is 8.66. The third-order valence-corrected chi connectivity index (χ3v) is 6.54. The number of pyridine rings is 3. The molecule has 6 rings (SSSR count). The molecule has 0 fully saturated rings. The molecule has 2 aliphatic heterocycles. The number of carbonyl (C=O) groups is 1. The van der Waals surface area contributed by atoms with Crippen molar-refractivity contribution in [2.24, 2.45) is 10.7 Å². The van der Waals surface area contributed by atoms with Gasteiger partial charge < -0.3 is 10.5 Å². The zero-order valence-electron chi connectivity index (χ0n) is 19.2. The minimum Gasteiger partial charge on any atom is -0.452 e. The second kappa shape index (κ2) is 8.12. The Morgan fingerprint density at radius 1 is 0.973 bits per heavy atom. The van der Waals surface area contributed by atoms with Gasteiger partial charge in [0.25, 0.3) is 5.95 Å². The maximum atomic E-state index is 15.4. The molecule has 1 aromatic carbocycles. The molecule has 0 saturated heterocycles. The van der Waals surface area contributed by atoms with Crippen LogP contribution < -0.4 is 10.5 Å². The van der Waals surface area contributed by atoms with E-state index >= 15 is 4.39 Å². The molecule has 8 nitrogen and oxygen atoms in total. The van der Waals surface area contributed by atoms with E-state index in [0.717, 1.165) is 6.07 Å². The first-order chi connectivity index (χ1) is 17.8. The fourth-order valence-electron chi connectivity index (χ4n) is 4.67. The predicted molar refractivity (Wildman–Crippen MR) is 127 cm³/mol. The maximum Gasteiger partial charge on any atom is 0.256 e. The van der Waals surface area contributed by atoms with E-state index in [1.54, 1.807) is 30.3 Å². The number of rotatable bonds is 2. The van der Waals surface area contributed by atoms with Gasteiger partial charge in [-0.05, 0) is 42.0 Å². The summed E-state index contributed by atoms with van der Waals surface area (Å²) in [6, 6.07) is 12.0. The number of aliphatic imine (C=N–C) groups is 1. The van der Waals surface area contributed by atoms with Crippen molar-refractivity contribution in [1.29, 1.82) is 0 Å². The first-order valence-electron chi connectivity index (χ1n) is 11.1. The van der Waals surface area contributed by atoms with E-state index in [4.69, 9.17) is 10.5 Å². The normalized spacial score (nSPS) is 18.2. The van der Waals surface area contributed by atoms with Gasteiger partial charge >= 0.3 is 0 Å². The highest BCUT2D eigenvalue weighted by Gasteiger charge is 2.49. The summed E-state index contributed by atoms with van der Waals surface area (Å²) in [5, 5.41) is 0. The van der Waals surface area contributed by atoms with Crippen LogP contribution in [0.2, 0.25) is 0 Å². The SMILES string of the molecule is CN1C(=O)C[C@]2(N=C1N)c1cc(-c3cccnc3F)ccc1Oc1c2cc(-c2ccnc(F)c2)nc1F. The largest absolute Gasteiger partial charge is 0.452 e. The summed E-state index contributed by atoms with van der Waals surface area (Å²) < 4.78 is 49.7. The standard InChI is InChI=1S/C26H17F3N6O2/c1-35-21(36)12-26(34-25(35)30)16-9-13(15-3-2-7-32-23(15)28)4-5-19(16)37-22-17(26)11-18(33-24(22)29)14-6-8-31-20(27)10-14/h2-11H,12H2,1H3,(H2,30,34)/t26-/m0/s1. The van der Waals surface area contributed by atoms with E-state index in [1.165, 1.54) is 36.5 Å². The molecule has 184 valence electrons. The number of amides is 1. The molecule has 0 bridgehead atoms. The molecule has 1 amide bonds. The minimum atomic E-state index is -1.52. The maximum absolute atomic E-state index is 15.4. The highest BCUT2D eigenvalue weighted by atomic mass is 19.1. The number of ether oxygens (including phenoxy) is 1. The molecule has 0 aliphatic carbocycles. The molecule has 0 saturated carbocycles. The van der Waals surface area contributed by atoms with Crippen molar-refractivity contribution >= 4 is 11.9 Å². The summed E-state index contributed by atoms with van der Waals surface area (Å²) in [6.45, 7) is 0. The van der Waals surface area contributed by atoms with Crippen LogP contribution in [0.25, 0.3) is 22.4 Å². The fraction of sp³-hybridized carbons (Fsp3) is 0.115. The predicted octanol–water partition coefficient (Wildman–Crippen LogP) is 4.15. The van der Waals surface area contributed by atoms with Gasteiger partial charge in [-0.15, -0.1) is 0 Å². The Morgan fingerprint density at radius 2 is 1.81 bits per heavy atom. The van der Waals surface area contributed by atoms with Crippen molar-refractivity contribution in [2.45, 2.75) is 12.0 Å². The first kappa shape index (κ1) is 22.7. The lowest BCUT2D eigenvalue weighted by Gasteiger charge is -2.41. The molecular weight excluding hydrogens is 485 g/mol. The number of hydrogen-bond acceptors (Lipinski definition) is 7. The Hall–Kier alpha value is -4.80. The number of hydrogen-bond donors (Lipinski definition) is 1. The number of nitrogens with zero attached hydrogens (tertiary/aromatic N) is 5. The van der Waals surface area contributed by atoms with Gasteiger partial charge in [0.15, 0.2) is 11.7 Å². The van der Waals surface area contributed by atoms with Crippen LogP contribution >= 0.6 is 0 Å². The molecule has 0 radical (unpaired) electrons. The molecule has 2 aliphatic rings. The van der Waals surface area contributed by atoms with Crippen molar-refractivity contribution in [1.82, 2.24) is 19.9 Å². The van der Waals surface area contributed by atoms with Crippen LogP contribution in [0.15, 0.2) is 65.9 Å². The van der Waals surface area contributed by atoms with Crippen LogP contribution in [0.4, 0.5) is 13.2 Å². The van der Waals surface area contributed by atoms with Crippen molar-refractivity contribution in [3.63, 3.8) is 0 Å². The van der Waals surface area contributed by atoms with E-state index in [2.05, 4.69) is 19.9 Å². The molecule has 37 heavy (non-hydrogen) atoms. The van der Waals surface area contributed by atoms with Gasteiger partial charge in [-0.1, -0.05) is 6.07 Å². The summed E-state index contributed by atoms with van der Waals surface area (Å²) in [4.78, 5) is 30.1. The average Bonchev–Trinajstić information content (AvgIpc) is 2.88. The topological polar surface area (TPSA) is 107 Å². The highest BCUT2D eigenvalue weighted by Crippen LogP contribution is 2.54. The van der Waals surface area contributed by atoms with Crippen LogP contribution in [0.3, 0.4) is 0 Å². The number of nitrogens with two attached hydrogens (primary N) is 1. The Morgan fingerprint density at radius 3 is 2.57 bits per heavy atom. The monoisotopic (exact) mass is 502 g/mol. The summed E-state index contributed by atoms with van der Waals surface area (Å²) in [7, 11) is 1.48. The van der Waals surface area contributed by atoms with Crippen LogP contribution in [-0.4, -0.2) is 38.8 Å². The molecule has 5 heterocycles. The zero-order valence-corrected chi connectivity index (χ0v) is 19.2. The van der Waals surface area contributed by atoms with Crippen molar-refractivity contribution < 1.29 is 22.7 Å². The van der Waals surface area contributed by atoms with Crippen LogP contribution in [0.5, 0.6) is 11.5 Å². The summed E-state index contributed by atoms with van der Waals surface area (Å²) in [5.41, 5.74) is 6.19. The van der Waals surface area contributed by atoms with Crippen LogP contribution in [-0.2, 0) is 10.3 Å². The van der Waals surface area contributed by atoms with Crippen molar-refractivity contribution in [2.75, 3.05) is 7.05 Å². The second-order valence-corrected chi connectivity index (χ2v) is 8.66. The van der Waals surface area contributed by atoms with E-state index in [0.29, 0.717) is 11.1 Å². The Labute approximate surface area is 208 Å². The lowest BCUT2D eigenvalue weighted by Crippen LogP contribution is -2.49. The molecule has 2 N–H and O–H groups in total. The number of benzene rings is 1. The lowest BCUT2D eigenvalue weighted by atomic mass is 9.76. The first-order valence-corrected chi connectivity index (χ1v) is 11.1. The highest BCUT2D eigenvalue weighted by molar-refractivity contribution is 6.00. The van der Waals surface area contributed by atoms with Gasteiger partial charge in [-0.2, -0.15) is 13.2 Å².